The molecular weight excluding hydrogens is 338 g/mol. The SMILES string of the molecule is COCCNCCc1nnc(-c2cc(Br)ccc2C)s1. The summed E-state index contributed by atoms with van der Waals surface area (Å²) in [6.45, 7) is 4.59. The molecule has 0 radical (unpaired) electrons. The van der Waals surface area contributed by atoms with Gasteiger partial charge in [-0.25, -0.2) is 0 Å². The number of halogens is 1. The predicted molar refractivity (Wildman–Crippen MR) is 86.2 cm³/mol. The molecular formula is C14H18BrN3OS. The Balaban J connectivity index is 1.96. The average Bonchev–Trinajstić information content (AvgIpc) is 2.90. The summed E-state index contributed by atoms with van der Waals surface area (Å²) < 4.78 is 6.05. The van der Waals surface area contributed by atoms with E-state index in [1.54, 1.807) is 18.4 Å². The van der Waals surface area contributed by atoms with E-state index in [0.717, 1.165) is 46.2 Å². The molecule has 0 aliphatic carbocycles. The van der Waals surface area contributed by atoms with Gasteiger partial charge >= 0.3 is 0 Å². The van der Waals surface area contributed by atoms with Gasteiger partial charge in [0.25, 0.3) is 0 Å². The van der Waals surface area contributed by atoms with Crippen molar-refractivity contribution < 1.29 is 4.74 Å². The van der Waals surface area contributed by atoms with Gasteiger partial charge in [-0.05, 0) is 24.6 Å². The van der Waals surface area contributed by atoms with Crippen LogP contribution in [0.4, 0.5) is 0 Å². The fraction of sp³-hybridized carbons (Fsp3) is 0.429. The van der Waals surface area contributed by atoms with Crippen molar-refractivity contribution in [1.29, 1.82) is 0 Å². The van der Waals surface area contributed by atoms with Crippen LogP contribution >= 0.6 is 27.3 Å². The van der Waals surface area contributed by atoms with E-state index in [0.29, 0.717) is 0 Å². The van der Waals surface area contributed by atoms with Gasteiger partial charge in [0.2, 0.25) is 0 Å². The van der Waals surface area contributed by atoms with Gasteiger partial charge in [-0.3, -0.25) is 0 Å². The van der Waals surface area contributed by atoms with Crippen LogP contribution in [0.2, 0.25) is 0 Å². The highest BCUT2D eigenvalue weighted by molar-refractivity contribution is 9.10. The van der Waals surface area contributed by atoms with Crippen molar-refractivity contribution in [2.45, 2.75) is 13.3 Å². The number of hydrogen-bond donors (Lipinski definition) is 1. The highest BCUT2D eigenvalue weighted by atomic mass is 79.9. The Kier molecular flexibility index (Phi) is 6.09. The molecule has 0 spiro atoms. The van der Waals surface area contributed by atoms with Gasteiger partial charge in [-0.2, -0.15) is 0 Å². The lowest BCUT2D eigenvalue weighted by Crippen LogP contribution is -2.21. The second kappa shape index (κ2) is 7.83. The van der Waals surface area contributed by atoms with Crippen LogP contribution in [0.15, 0.2) is 22.7 Å². The van der Waals surface area contributed by atoms with Gasteiger partial charge < -0.3 is 10.1 Å². The molecule has 20 heavy (non-hydrogen) atoms. The van der Waals surface area contributed by atoms with Gasteiger partial charge in [0.15, 0.2) is 0 Å². The van der Waals surface area contributed by atoms with Crippen LogP contribution in [0.3, 0.4) is 0 Å². The Morgan fingerprint density at radius 3 is 2.95 bits per heavy atom. The Hall–Kier alpha value is -0.820. The molecule has 0 bridgehead atoms. The molecule has 1 aromatic heterocycles. The molecule has 108 valence electrons. The zero-order chi connectivity index (χ0) is 14.4. The van der Waals surface area contributed by atoms with Gasteiger partial charge in [-0.1, -0.05) is 33.3 Å². The average molecular weight is 356 g/mol. The zero-order valence-electron chi connectivity index (χ0n) is 11.6. The normalized spacial score (nSPS) is 10.9. The van der Waals surface area contributed by atoms with Crippen LogP contribution in [0, 0.1) is 6.92 Å². The highest BCUT2D eigenvalue weighted by Gasteiger charge is 2.09. The summed E-state index contributed by atoms with van der Waals surface area (Å²) in [5, 5.41) is 13.9. The van der Waals surface area contributed by atoms with E-state index in [1.165, 1.54) is 5.56 Å². The molecule has 1 heterocycles. The number of nitrogens with one attached hydrogen (secondary N) is 1. The Labute approximate surface area is 131 Å². The Morgan fingerprint density at radius 1 is 1.30 bits per heavy atom. The number of aryl methyl sites for hydroxylation is 1. The van der Waals surface area contributed by atoms with Crippen LogP contribution in [0.25, 0.3) is 10.6 Å². The number of nitrogens with zero attached hydrogens (tertiary/aromatic N) is 2. The van der Waals surface area contributed by atoms with E-state index in [4.69, 9.17) is 4.74 Å². The van der Waals surface area contributed by atoms with Gasteiger partial charge in [-0.15, -0.1) is 10.2 Å². The highest BCUT2D eigenvalue weighted by Crippen LogP contribution is 2.29. The third-order valence-corrected chi connectivity index (χ3v) is 4.41. The molecule has 0 atom stereocenters. The molecule has 0 fully saturated rings. The van der Waals surface area contributed by atoms with Crippen molar-refractivity contribution in [1.82, 2.24) is 15.5 Å². The van der Waals surface area contributed by atoms with Crippen molar-refractivity contribution in [2.75, 3.05) is 26.8 Å². The standard InChI is InChI=1S/C14H18BrN3OS/c1-10-3-4-11(15)9-12(10)14-18-17-13(20-14)5-6-16-7-8-19-2/h3-4,9,16H,5-8H2,1-2H3. The zero-order valence-corrected chi connectivity index (χ0v) is 14.1. The topological polar surface area (TPSA) is 47.0 Å². The minimum atomic E-state index is 0.735. The lowest BCUT2D eigenvalue weighted by atomic mass is 10.1. The maximum absolute atomic E-state index is 4.99. The van der Waals surface area contributed by atoms with Gasteiger partial charge in [0.1, 0.15) is 10.0 Å². The predicted octanol–water partition coefficient (Wildman–Crippen LogP) is 3.05. The lowest BCUT2D eigenvalue weighted by Gasteiger charge is -2.02. The van der Waals surface area contributed by atoms with Crippen molar-refractivity contribution in [3.8, 4) is 10.6 Å². The number of hydrogen-bond acceptors (Lipinski definition) is 5. The van der Waals surface area contributed by atoms with E-state index >= 15 is 0 Å². The smallest absolute Gasteiger partial charge is 0.148 e. The second-order valence-corrected chi connectivity index (χ2v) is 6.43. The molecule has 2 rings (SSSR count). The summed E-state index contributed by atoms with van der Waals surface area (Å²) in [5.41, 5.74) is 2.37. The van der Waals surface area contributed by atoms with Crippen molar-refractivity contribution in [3.05, 3.63) is 33.2 Å². The Bertz CT molecular complexity index is 559. The largest absolute Gasteiger partial charge is 0.383 e. The molecule has 0 amide bonds. The van der Waals surface area contributed by atoms with E-state index in [9.17, 15) is 0 Å². The van der Waals surface area contributed by atoms with Crippen molar-refractivity contribution in [3.63, 3.8) is 0 Å². The lowest BCUT2D eigenvalue weighted by molar-refractivity contribution is 0.199. The van der Waals surface area contributed by atoms with Gasteiger partial charge in [0.05, 0.1) is 6.61 Å². The molecule has 0 unspecified atom stereocenters. The number of rotatable bonds is 7. The first-order chi connectivity index (χ1) is 9.70. The number of aromatic nitrogens is 2. The first-order valence-electron chi connectivity index (χ1n) is 6.49. The quantitative estimate of drug-likeness (QED) is 0.775. The first kappa shape index (κ1) is 15.6. The fourth-order valence-electron chi connectivity index (χ4n) is 1.78. The van der Waals surface area contributed by atoms with Gasteiger partial charge in [0, 0.05) is 36.7 Å². The van der Waals surface area contributed by atoms with Crippen LogP contribution in [0.1, 0.15) is 10.6 Å². The summed E-state index contributed by atoms with van der Waals surface area (Å²) in [5.74, 6) is 0. The Morgan fingerprint density at radius 2 is 2.15 bits per heavy atom. The molecule has 0 aliphatic rings. The third-order valence-electron chi connectivity index (χ3n) is 2.90. The van der Waals surface area contributed by atoms with E-state index in [-0.39, 0.29) is 0 Å². The maximum atomic E-state index is 4.99. The molecule has 4 nitrogen and oxygen atoms in total. The molecule has 1 aromatic carbocycles. The van der Waals surface area contributed by atoms with Crippen LogP contribution in [-0.2, 0) is 11.2 Å². The summed E-state index contributed by atoms with van der Waals surface area (Å²) in [6, 6.07) is 6.23. The summed E-state index contributed by atoms with van der Waals surface area (Å²) >= 11 is 5.16. The molecule has 1 N–H and O–H groups in total. The van der Waals surface area contributed by atoms with E-state index in [2.05, 4.69) is 50.5 Å². The fourth-order valence-corrected chi connectivity index (χ4v) is 3.06. The monoisotopic (exact) mass is 355 g/mol. The van der Waals surface area contributed by atoms with E-state index in [1.807, 2.05) is 6.07 Å². The minimum Gasteiger partial charge on any atom is -0.383 e. The van der Waals surface area contributed by atoms with Crippen LogP contribution in [-0.4, -0.2) is 37.0 Å². The summed E-state index contributed by atoms with van der Waals surface area (Å²) in [4.78, 5) is 0. The maximum Gasteiger partial charge on any atom is 0.148 e. The summed E-state index contributed by atoms with van der Waals surface area (Å²) in [6.07, 6.45) is 0.897. The second-order valence-electron chi connectivity index (χ2n) is 4.45. The molecule has 0 aliphatic heterocycles. The number of ether oxygens (including phenoxy) is 1. The minimum absolute atomic E-state index is 0.735. The number of methoxy groups -OCH3 is 1. The molecule has 6 heteroatoms. The molecule has 2 aromatic rings. The van der Waals surface area contributed by atoms with Crippen molar-refractivity contribution in [2.24, 2.45) is 0 Å². The third kappa shape index (κ3) is 4.34. The molecule has 0 saturated carbocycles. The number of benzene rings is 1. The van der Waals surface area contributed by atoms with Crippen LogP contribution < -0.4 is 5.32 Å². The van der Waals surface area contributed by atoms with Crippen molar-refractivity contribution >= 4 is 27.3 Å². The summed E-state index contributed by atoms with van der Waals surface area (Å²) in [7, 11) is 1.71. The van der Waals surface area contributed by atoms with Crippen LogP contribution in [0.5, 0.6) is 0 Å². The molecule has 0 saturated heterocycles. The first-order valence-corrected chi connectivity index (χ1v) is 8.10. The van der Waals surface area contributed by atoms with E-state index < -0.39 is 0 Å².